The molecule has 1 fully saturated rings. The molecule has 34 heavy (non-hydrogen) atoms. The Morgan fingerprint density at radius 3 is 2.50 bits per heavy atom. The minimum atomic E-state index is -0.320. The summed E-state index contributed by atoms with van der Waals surface area (Å²) in [4.78, 5) is 12.0. The number of aliphatic hydroxyl groups is 1. The molecule has 1 aliphatic carbocycles. The lowest BCUT2D eigenvalue weighted by Gasteiger charge is -2.29. The van der Waals surface area contributed by atoms with Crippen LogP contribution in [0.3, 0.4) is 0 Å². The number of hydrogen-bond acceptors (Lipinski definition) is 4. The van der Waals surface area contributed by atoms with E-state index >= 15 is 0 Å². The molecule has 1 N–H and O–H groups in total. The van der Waals surface area contributed by atoms with Crippen LogP contribution in [-0.2, 0) is 16.1 Å². The second-order valence-corrected chi connectivity index (χ2v) is 9.33. The molecule has 4 heteroatoms. The smallest absolute Gasteiger partial charge is 0.330 e. The number of aliphatic hydroxyl groups excluding tert-OH is 1. The molecule has 1 aliphatic rings. The van der Waals surface area contributed by atoms with Crippen LogP contribution in [0.25, 0.3) is 11.1 Å². The fourth-order valence-electron chi connectivity index (χ4n) is 4.96. The Balaban J connectivity index is 1.75. The van der Waals surface area contributed by atoms with Gasteiger partial charge < -0.3 is 14.6 Å². The van der Waals surface area contributed by atoms with E-state index in [1.165, 1.54) is 63.0 Å². The molecule has 184 valence electrons. The zero-order valence-electron chi connectivity index (χ0n) is 20.8. The van der Waals surface area contributed by atoms with E-state index in [2.05, 4.69) is 25.1 Å². The minimum Gasteiger partial charge on any atom is -0.491 e. The van der Waals surface area contributed by atoms with Crippen LogP contribution in [0.15, 0.2) is 54.6 Å². The molecular weight excluding hydrogens is 424 g/mol. The molecule has 0 bridgehead atoms. The SMILES string of the molecule is C/C=C/C(=O)OCc1cc(C2CCC(CCCCC)CC2)ccc1-c1ccc(OCCO)cc1. The molecule has 3 rings (SSSR count). The zero-order chi connectivity index (χ0) is 24.2. The molecule has 2 aromatic carbocycles. The van der Waals surface area contributed by atoms with Gasteiger partial charge in [0.15, 0.2) is 0 Å². The van der Waals surface area contributed by atoms with Crippen molar-refractivity contribution in [2.75, 3.05) is 13.2 Å². The Hall–Kier alpha value is -2.59. The number of allylic oxidation sites excluding steroid dienone is 1. The predicted octanol–water partition coefficient (Wildman–Crippen LogP) is 7.20. The van der Waals surface area contributed by atoms with Crippen LogP contribution < -0.4 is 4.74 Å². The number of ether oxygens (including phenoxy) is 2. The van der Waals surface area contributed by atoms with E-state index in [0.29, 0.717) is 5.92 Å². The summed E-state index contributed by atoms with van der Waals surface area (Å²) in [7, 11) is 0. The number of rotatable bonds is 12. The first-order valence-corrected chi connectivity index (χ1v) is 12.9. The molecule has 0 unspecified atom stereocenters. The molecule has 4 nitrogen and oxygen atoms in total. The minimum absolute atomic E-state index is 0.00834. The topological polar surface area (TPSA) is 55.8 Å². The first-order valence-electron chi connectivity index (χ1n) is 12.9. The average molecular weight is 465 g/mol. The van der Waals surface area contributed by atoms with Crippen molar-refractivity contribution >= 4 is 5.97 Å². The second-order valence-electron chi connectivity index (χ2n) is 9.33. The highest BCUT2D eigenvalue weighted by atomic mass is 16.5. The summed E-state index contributed by atoms with van der Waals surface area (Å²) >= 11 is 0. The maximum absolute atomic E-state index is 12.0. The fourth-order valence-corrected chi connectivity index (χ4v) is 4.96. The summed E-state index contributed by atoms with van der Waals surface area (Å²) in [5.41, 5.74) is 4.51. The standard InChI is InChI=1S/C30H40O4/c1-3-5-6-8-23-9-11-24(12-10-23)26-15-18-29(27(21-26)22-34-30(32)7-4-2)25-13-16-28(17-14-25)33-20-19-31/h4,7,13-18,21,23-24,31H,3,5-6,8-12,19-20,22H2,1-2H3/b7-4+. The molecule has 0 aliphatic heterocycles. The monoisotopic (exact) mass is 464 g/mol. The predicted molar refractivity (Wildman–Crippen MR) is 138 cm³/mol. The Morgan fingerprint density at radius 1 is 1.06 bits per heavy atom. The normalized spacial score (nSPS) is 18.2. The molecule has 0 spiro atoms. The van der Waals surface area contributed by atoms with Crippen LogP contribution in [0.2, 0.25) is 0 Å². The van der Waals surface area contributed by atoms with Gasteiger partial charge in [-0.25, -0.2) is 4.79 Å². The number of carbonyl (C=O) groups excluding carboxylic acids is 1. The van der Waals surface area contributed by atoms with Crippen molar-refractivity contribution in [3.63, 3.8) is 0 Å². The van der Waals surface area contributed by atoms with Gasteiger partial charge in [-0.05, 0) is 78.8 Å². The second kappa shape index (κ2) is 14.0. The molecule has 0 atom stereocenters. The van der Waals surface area contributed by atoms with Crippen LogP contribution in [0, 0.1) is 5.92 Å². The molecule has 0 radical (unpaired) electrons. The van der Waals surface area contributed by atoms with Gasteiger partial charge in [0.2, 0.25) is 0 Å². The number of carbonyl (C=O) groups is 1. The van der Waals surface area contributed by atoms with Gasteiger partial charge in [-0.1, -0.05) is 69.0 Å². The van der Waals surface area contributed by atoms with E-state index in [1.54, 1.807) is 6.08 Å². The van der Waals surface area contributed by atoms with Crippen LogP contribution >= 0.6 is 0 Å². The lowest BCUT2D eigenvalue weighted by Crippen LogP contribution is -2.14. The Bertz CT molecular complexity index is 908. The van der Waals surface area contributed by atoms with Gasteiger partial charge in [-0.3, -0.25) is 0 Å². The van der Waals surface area contributed by atoms with E-state index in [9.17, 15) is 4.79 Å². The van der Waals surface area contributed by atoms with Gasteiger partial charge in [0.1, 0.15) is 19.0 Å². The van der Waals surface area contributed by atoms with Gasteiger partial charge in [0.25, 0.3) is 0 Å². The van der Waals surface area contributed by atoms with E-state index in [0.717, 1.165) is 28.4 Å². The summed E-state index contributed by atoms with van der Waals surface area (Å²) in [6, 6.07) is 14.5. The molecule has 0 heterocycles. The number of hydrogen-bond donors (Lipinski definition) is 1. The Labute approximate surface area is 205 Å². The summed E-state index contributed by atoms with van der Waals surface area (Å²) in [6.45, 7) is 4.61. The summed E-state index contributed by atoms with van der Waals surface area (Å²) in [5, 5.41) is 8.96. The number of benzene rings is 2. The van der Waals surface area contributed by atoms with E-state index in [-0.39, 0.29) is 25.8 Å². The summed E-state index contributed by atoms with van der Waals surface area (Å²) < 4.78 is 11.0. The van der Waals surface area contributed by atoms with Crippen molar-refractivity contribution < 1.29 is 19.4 Å². The van der Waals surface area contributed by atoms with Gasteiger partial charge in [-0.15, -0.1) is 0 Å². The van der Waals surface area contributed by atoms with Crippen molar-refractivity contribution in [2.24, 2.45) is 5.92 Å². The molecule has 0 amide bonds. The highest BCUT2D eigenvalue weighted by molar-refractivity contribution is 5.82. The number of unbranched alkanes of at least 4 members (excludes halogenated alkanes) is 2. The summed E-state index contributed by atoms with van der Waals surface area (Å²) in [6.07, 6.45) is 13.7. The molecule has 1 saturated carbocycles. The third-order valence-corrected chi connectivity index (χ3v) is 6.86. The van der Waals surface area contributed by atoms with Crippen LogP contribution in [0.5, 0.6) is 5.75 Å². The van der Waals surface area contributed by atoms with E-state index < -0.39 is 0 Å². The zero-order valence-corrected chi connectivity index (χ0v) is 20.8. The highest BCUT2D eigenvalue weighted by Crippen LogP contribution is 2.39. The largest absolute Gasteiger partial charge is 0.491 e. The first kappa shape index (κ1) is 26.0. The van der Waals surface area contributed by atoms with Crippen molar-refractivity contribution in [3.8, 4) is 16.9 Å². The Morgan fingerprint density at radius 2 is 1.82 bits per heavy atom. The molecular formula is C30H40O4. The molecule has 2 aromatic rings. The fraction of sp³-hybridized carbons (Fsp3) is 0.500. The number of esters is 1. The van der Waals surface area contributed by atoms with Crippen molar-refractivity contribution in [2.45, 2.75) is 77.7 Å². The van der Waals surface area contributed by atoms with E-state index in [4.69, 9.17) is 14.6 Å². The lowest BCUT2D eigenvalue weighted by atomic mass is 9.76. The van der Waals surface area contributed by atoms with Crippen LogP contribution in [-0.4, -0.2) is 24.3 Å². The third kappa shape index (κ3) is 7.73. The van der Waals surface area contributed by atoms with Crippen molar-refractivity contribution in [1.29, 1.82) is 0 Å². The van der Waals surface area contributed by atoms with Gasteiger partial charge in [0.05, 0.1) is 6.61 Å². The molecule has 0 aromatic heterocycles. The van der Waals surface area contributed by atoms with Gasteiger partial charge in [-0.2, -0.15) is 0 Å². The molecule has 0 saturated heterocycles. The van der Waals surface area contributed by atoms with Gasteiger partial charge >= 0.3 is 5.97 Å². The van der Waals surface area contributed by atoms with E-state index in [1.807, 2.05) is 31.2 Å². The summed E-state index contributed by atoms with van der Waals surface area (Å²) in [5.74, 6) is 1.87. The van der Waals surface area contributed by atoms with Gasteiger partial charge in [0, 0.05) is 6.08 Å². The maximum Gasteiger partial charge on any atom is 0.330 e. The van der Waals surface area contributed by atoms with Crippen molar-refractivity contribution in [3.05, 3.63) is 65.7 Å². The first-order chi connectivity index (χ1) is 16.6. The Kier molecular flexibility index (Phi) is 10.7. The highest BCUT2D eigenvalue weighted by Gasteiger charge is 2.23. The lowest BCUT2D eigenvalue weighted by molar-refractivity contribution is -0.139. The van der Waals surface area contributed by atoms with Crippen LogP contribution in [0.1, 0.15) is 82.3 Å². The quantitative estimate of drug-likeness (QED) is 0.205. The average Bonchev–Trinajstić information content (AvgIpc) is 2.87. The van der Waals surface area contributed by atoms with Crippen molar-refractivity contribution in [1.82, 2.24) is 0 Å². The maximum atomic E-state index is 12.0. The third-order valence-electron chi connectivity index (χ3n) is 6.86. The van der Waals surface area contributed by atoms with Crippen LogP contribution in [0.4, 0.5) is 0 Å².